The topological polar surface area (TPSA) is 148 Å². The lowest BCUT2D eigenvalue weighted by Gasteiger charge is -1.78. The maximum absolute atomic E-state index is 10.6. The average Bonchev–Trinajstić information content (AvgIpc) is 2.72. The van der Waals surface area contributed by atoms with Gasteiger partial charge in [0.05, 0.1) is 0 Å². The average molecular weight is 196 g/mol. The number of nitrogens with zero attached hydrogens (tertiary/aromatic N) is 4. The normalized spacial score (nSPS) is 11.1. The van der Waals surface area contributed by atoms with Crippen LogP contribution >= 0.6 is 0 Å². The smallest absolute Gasteiger partial charge is 0.272 e. The molecule has 2 heterocycles. The summed E-state index contributed by atoms with van der Waals surface area (Å²) in [4.78, 5) is 25.6. The Morgan fingerprint density at radius 3 is 1.57 bits per heavy atom. The number of hydrogen-bond donors (Lipinski definition) is 4. The zero-order valence-electron chi connectivity index (χ0n) is 6.61. The lowest BCUT2D eigenvalue weighted by Crippen LogP contribution is -1.99. The summed E-state index contributed by atoms with van der Waals surface area (Å²) in [5, 5.41) is 18.1. The minimum atomic E-state index is -0.491. The van der Waals surface area contributed by atoms with E-state index in [0.717, 1.165) is 0 Å². The van der Waals surface area contributed by atoms with Crippen LogP contribution in [-0.4, -0.2) is 30.4 Å². The fourth-order valence-electron chi connectivity index (χ4n) is 0.712. The summed E-state index contributed by atoms with van der Waals surface area (Å²) < 4.78 is 0. The minimum Gasteiger partial charge on any atom is -0.272 e. The van der Waals surface area contributed by atoms with Crippen LogP contribution in [0.5, 0.6) is 0 Å². The van der Waals surface area contributed by atoms with E-state index >= 15 is 0 Å². The maximum atomic E-state index is 10.6. The Balaban J connectivity index is 2.22. The Kier molecular flexibility index (Phi) is 1.78. The summed E-state index contributed by atoms with van der Waals surface area (Å²) >= 11 is 0. The third-order valence-electron chi connectivity index (χ3n) is 1.22. The number of azo groups is 1. The number of hydrogen-bond acceptors (Lipinski definition) is 6. The Bertz CT molecular complexity index is 504. The minimum absolute atomic E-state index is 0.00107. The highest BCUT2D eigenvalue weighted by Gasteiger charge is 1.96. The predicted octanol–water partition coefficient (Wildman–Crippen LogP) is -1.08. The number of aromatic amines is 4. The molecule has 0 aliphatic rings. The highest BCUT2D eigenvalue weighted by atomic mass is 16.1. The summed E-state index contributed by atoms with van der Waals surface area (Å²) in [7, 11) is 0. The van der Waals surface area contributed by atoms with Gasteiger partial charge in [-0.05, 0) is 0 Å². The molecule has 2 aromatic heterocycles. The molecule has 2 aromatic rings. The molecule has 0 unspecified atom stereocenters. The molecule has 72 valence electrons. The number of H-pyrrole nitrogens is 4. The summed E-state index contributed by atoms with van der Waals surface area (Å²) in [5.74, 6) is -0.00213. The van der Waals surface area contributed by atoms with E-state index in [1.54, 1.807) is 0 Å². The second-order valence-electron chi connectivity index (χ2n) is 2.20. The summed E-state index contributed by atoms with van der Waals surface area (Å²) in [5.41, 5.74) is -0.982. The molecular formula is C4H4N8O2. The SMILES string of the molecule is O=c1[nH]nc(/N=N/c2n[nH]c(=O)[nH]2)[nH]1. The van der Waals surface area contributed by atoms with E-state index in [1.165, 1.54) is 0 Å². The third kappa shape index (κ3) is 1.63. The molecule has 0 radical (unpaired) electrons. The van der Waals surface area contributed by atoms with Crippen LogP contribution in [-0.2, 0) is 0 Å². The molecule has 0 aliphatic carbocycles. The van der Waals surface area contributed by atoms with Crippen LogP contribution in [0.15, 0.2) is 19.8 Å². The Hall–Kier alpha value is -2.52. The molecule has 0 bridgehead atoms. The zero-order valence-corrected chi connectivity index (χ0v) is 6.61. The second kappa shape index (κ2) is 3.08. The molecule has 0 spiro atoms. The Morgan fingerprint density at radius 2 is 1.29 bits per heavy atom. The van der Waals surface area contributed by atoms with Crippen molar-refractivity contribution in [2.75, 3.05) is 0 Å². The molecule has 0 aromatic carbocycles. The van der Waals surface area contributed by atoms with Crippen molar-refractivity contribution < 1.29 is 0 Å². The van der Waals surface area contributed by atoms with Gasteiger partial charge in [-0.25, -0.2) is 19.8 Å². The van der Waals surface area contributed by atoms with Crippen molar-refractivity contribution in [3.05, 3.63) is 21.0 Å². The van der Waals surface area contributed by atoms with Gasteiger partial charge in [0.15, 0.2) is 0 Å². The first-order valence-corrected chi connectivity index (χ1v) is 3.45. The van der Waals surface area contributed by atoms with Gasteiger partial charge in [0.2, 0.25) is 0 Å². The molecular weight excluding hydrogens is 192 g/mol. The molecule has 0 saturated carbocycles. The maximum Gasteiger partial charge on any atom is 0.342 e. The fourth-order valence-corrected chi connectivity index (χ4v) is 0.712. The van der Waals surface area contributed by atoms with Gasteiger partial charge in [-0.15, -0.1) is 20.4 Å². The highest BCUT2D eigenvalue weighted by Crippen LogP contribution is 2.03. The number of aromatic nitrogens is 6. The van der Waals surface area contributed by atoms with Crippen LogP contribution in [0.1, 0.15) is 0 Å². The Morgan fingerprint density at radius 1 is 0.857 bits per heavy atom. The Labute approximate surface area is 74.5 Å². The fraction of sp³-hybridized carbons (Fsp3) is 0. The molecule has 2 rings (SSSR count). The molecule has 0 amide bonds. The lowest BCUT2D eigenvalue weighted by molar-refractivity contribution is 1.00. The lowest BCUT2D eigenvalue weighted by atomic mass is 11.0. The quantitative estimate of drug-likeness (QED) is 0.452. The molecule has 0 aliphatic heterocycles. The first-order valence-electron chi connectivity index (χ1n) is 3.45. The van der Waals surface area contributed by atoms with E-state index in [0.29, 0.717) is 0 Å². The van der Waals surface area contributed by atoms with E-state index in [2.05, 4.69) is 40.6 Å². The van der Waals surface area contributed by atoms with Gasteiger partial charge in [-0.1, -0.05) is 0 Å². The monoisotopic (exact) mass is 196 g/mol. The summed E-state index contributed by atoms with van der Waals surface area (Å²) in [6.07, 6.45) is 0. The molecule has 0 fully saturated rings. The van der Waals surface area contributed by atoms with Crippen molar-refractivity contribution >= 4 is 11.9 Å². The van der Waals surface area contributed by atoms with Crippen LogP contribution in [0.2, 0.25) is 0 Å². The van der Waals surface area contributed by atoms with Crippen molar-refractivity contribution in [1.82, 2.24) is 30.4 Å². The van der Waals surface area contributed by atoms with E-state index in [4.69, 9.17) is 0 Å². The molecule has 10 nitrogen and oxygen atoms in total. The molecule has 0 atom stereocenters. The molecule has 0 saturated heterocycles. The van der Waals surface area contributed by atoms with Gasteiger partial charge in [0.25, 0.3) is 11.9 Å². The predicted molar refractivity (Wildman–Crippen MR) is 42.6 cm³/mol. The molecule has 14 heavy (non-hydrogen) atoms. The van der Waals surface area contributed by atoms with Gasteiger partial charge in [-0.3, -0.25) is 9.97 Å². The van der Waals surface area contributed by atoms with Crippen LogP contribution < -0.4 is 11.4 Å². The summed E-state index contributed by atoms with van der Waals surface area (Å²) in [6.45, 7) is 0. The third-order valence-corrected chi connectivity index (χ3v) is 1.22. The van der Waals surface area contributed by atoms with Crippen LogP contribution in [0.4, 0.5) is 11.9 Å². The van der Waals surface area contributed by atoms with Crippen molar-refractivity contribution in [2.45, 2.75) is 0 Å². The first-order chi connectivity index (χ1) is 6.74. The summed E-state index contributed by atoms with van der Waals surface area (Å²) in [6, 6.07) is 0. The highest BCUT2D eigenvalue weighted by molar-refractivity contribution is 5.12. The van der Waals surface area contributed by atoms with Crippen molar-refractivity contribution in [3.8, 4) is 0 Å². The van der Waals surface area contributed by atoms with Gasteiger partial charge in [0, 0.05) is 0 Å². The van der Waals surface area contributed by atoms with E-state index < -0.39 is 11.4 Å². The largest absolute Gasteiger partial charge is 0.342 e. The van der Waals surface area contributed by atoms with Gasteiger partial charge >= 0.3 is 11.4 Å². The molecule has 4 N–H and O–H groups in total. The van der Waals surface area contributed by atoms with Crippen molar-refractivity contribution in [1.29, 1.82) is 0 Å². The van der Waals surface area contributed by atoms with Crippen molar-refractivity contribution in [2.24, 2.45) is 10.2 Å². The van der Waals surface area contributed by atoms with Gasteiger partial charge in [-0.2, -0.15) is 0 Å². The standard InChI is InChI=1S/C4H4N8O2/c13-3-5-1(9-11-3)7-8-2-6-4(14)12-10-2/h(H2,5,9,11,13)(H2,6,10,12,14)/b8-7+. The van der Waals surface area contributed by atoms with E-state index in [-0.39, 0.29) is 11.9 Å². The zero-order chi connectivity index (χ0) is 9.97. The number of rotatable bonds is 2. The number of nitrogens with one attached hydrogen (secondary N) is 4. The van der Waals surface area contributed by atoms with E-state index in [9.17, 15) is 9.59 Å². The van der Waals surface area contributed by atoms with Gasteiger partial charge in [0.1, 0.15) is 0 Å². The van der Waals surface area contributed by atoms with Crippen molar-refractivity contribution in [3.63, 3.8) is 0 Å². The van der Waals surface area contributed by atoms with Crippen LogP contribution in [0.3, 0.4) is 0 Å². The second-order valence-corrected chi connectivity index (χ2v) is 2.20. The van der Waals surface area contributed by atoms with E-state index in [1.807, 2.05) is 0 Å². The van der Waals surface area contributed by atoms with Crippen LogP contribution in [0.25, 0.3) is 0 Å². The van der Waals surface area contributed by atoms with Gasteiger partial charge < -0.3 is 0 Å². The molecule has 10 heteroatoms. The van der Waals surface area contributed by atoms with Crippen LogP contribution in [0, 0.1) is 0 Å². The first kappa shape index (κ1) is 8.10.